The van der Waals surface area contributed by atoms with Crippen molar-refractivity contribution in [3.8, 4) is 5.75 Å². The second-order valence-electron chi connectivity index (χ2n) is 9.40. The lowest BCUT2D eigenvalue weighted by Crippen LogP contribution is -2.35. The van der Waals surface area contributed by atoms with E-state index >= 15 is 0 Å². The van der Waals surface area contributed by atoms with Crippen molar-refractivity contribution in [2.24, 2.45) is 5.92 Å². The van der Waals surface area contributed by atoms with Gasteiger partial charge in [0.2, 0.25) is 5.82 Å². The highest BCUT2D eigenvalue weighted by Gasteiger charge is 2.47. The van der Waals surface area contributed by atoms with Gasteiger partial charge in [-0.1, -0.05) is 63.4 Å². The molecule has 0 aromatic heterocycles. The lowest BCUT2D eigenvalue weighted by atomic mass is 9.74. The summed E-state index contributed by atoms with van der Waals surface area (Å²) in [7, 11) is 0. The Labute approximate surface area is 195 Å². The zero-order chi connectivity index (χ0) is 23.8. The van der Waals surface area contributed by atoms with Gasteiger partial charge in [0, 0.05) is 12.0 Å². The molecule has 2 aromatic rings. The molecular weight excluding hydrogens is 428 g/mol. The molecule has 182 valence electrons. The first-order valence-corrected chi connectivity index (χ1v) is 12.4. The van der Waals surface area contributed by atoms with Crippen molar-refractivity contribution < 1.29 is 22.3 Å². The first kappa shape index (κ1) is 25.6. The fourth-order valence-electron chi connectivity index (χ4n) is 4.93. The molecule has 1 aliphatic carbocycles. The van der Waals surface area contributed by atoms with Crippen LogP contribution >= 0.6 is 0 Å². The molecule has 2 unspecified atom stereocenters. The number of hydrogen-bond acceptors (Lipinski definition) is 1. The van der Waals surface area contributed by atoms with E-state index in [-0.39, 0.29) is 36.7 Å². The Kier molecular flexibility index (Phi) is 9.22. The van der Waals surface area contributed by atoms with Gasteiger partial charge >= 0.3 is 0 Å². The van der Waals surface area contributed by atoms with Crippen LogP contribution in [0.25, 0.3) is 0 Å². The van der Waals surface area contributed by atoms with Gasteiger partial charge in [-0.25, -0.2) is 13.2 Å². The van der Waals surface area contributed by atoms with Gasteiger partial charge < -0.3 is 4.74 Å². The van der Waals surface area contributed by atoms with Crippen LogP contribution in [0.15, 0.2) is 36.4 Å². The van der Waals surface area contributed by atoms with Crippen LogP contribution in [-0.4, -0.2) is 12.5 Å². The summed E-state index contributed by atoms with van der Waals surface area (Å²) in [6.45, 7) is 4.27. The number of unbranched alkanes of at least 4 members (excludes halogenated alkanes) is 1. The van der Waals surface area contributed by atoms with Crippen LogP contribution in [0.3, 0.4) is 0 Å². The zero-order valence-electron chi connectivity index (χ0n) is 19.8. The van der Waals surface area contributed by atoms with Gasteiger partial charge in [-0.3, -0.25) is 0 Å². The van der Waals surface area contributed by atoms with Crippen LogP contribution in [0.5, 0.6) is 5.75 Å². The van der Waals surface area contributed by atoms with Crippen LogP contribution in [-0.2, 0) is 12.8 Å². The highest BCUT2D eigenvalue weighted by molar-refractivity contribution is 5.34. The number of hydrogen-bond donors (Lipinski definition) is 0. The molecule has 33 heavy (non-hydrogen) atoms. The molecule has 3 rings (SSSR count). The number of alkyl halides is 2. The largest absolute Gasteiger partial charge is 0.490 e. The van der Waals surface area contributed by atoms with Gasteiger partial charge in [0.15, 0.2) is 11.6 Å². The van der Waals surface area contributed by atoms with E-state index in [9.17, 15) is 17.6 Å². The van der Waals surface area contributed by atoms with Crippen molar-refractivity contribution in [3.05, 3.63) is 64.7 Å². The molecular formula is C28H36F4O. The predicted octanol–water partition coefficient (Wildman–Crippen LogP) is 8.64. The van der Waals surface area contributed by atoms with Crippen molar-refractivity contribution >= 4 is 0 Å². The fraction of sp³-hybridized carbons (Fsp3) is 0.571. The molecule has 0 N–H and O–H groups in total. The summed E-state index contributed by atoms with van der Waals surface area (Å²) < 4.78 is 64.1. The van der Waals surface area contributed by atoms with E-state index in [0.29, 0.717) is 12.8 Å². The number of rotatable bonds is 11. The Hall–Kier alpha value is -2.04. The second kappa shape index (κ2) is 11.9. The molecule has 0 spiro atoms. The van der Waals surface area contributed by atoms with Crippen molar-refractivity contribution in [1.82, 2.24) is 0 Å². The Morgan fingerprint density at radius 2 is 1.55 bits per heavy atom. The molecule has 1 fully saturated rings. The summed E-state index contributed by atoms with van der Waals surface area (Å²) in [6.07, 6.45) is 6.95. The molecule has 2 atom stereocenters. The standard InChI is InChI=1S/C28H36F4O/c1-3-7-20-10-12-21(13-11-20)8-5-6-9-22-14-16-24(28(31,32)19-22)23-15-17-25(33-18-4-2)27(30)26(23)29/h10-13,15,17,22,24H,3-9,14,16,18-19H2,1-2H3. The van der Waals surface area contributed by atoms with Crippen LogP contribution in [0.4, 0.5) is 17.6 Å². The summed E-state index contributed by atoms with van der Waals surface area (Å²) in [4.78, 5) is 0. The van der Waals surface area contributed by atoms with Crippen molar-refractivity contribution in [2.45, 2.75) is 89.9 Å². The fourth-order valence-corrected chi connectivity index (χ4v) is 4.93. The minimum absolute atomic E-state index is 0.0803. The molecule has 2 aromatic carbocycles. The van der Waals surface area contributed by atoms with Crippen LogP contribution in [0.1, 0.15) is 87.8 Å². The van der Waals surface area contributed by atoms with Crippen LogP contribution < -0.4 is 4.74 Å². The molecule has 0 radical (unpaired) electrons. The molecule has 5 heteroatoms. The van der Waals surface area contributed by atoms with E-state index < -0.39 is 23.5 Å². The maximum absolute atomic E-state index is 15.0. The van der Waals surface area contributed by atoms with Crippen LogP contribution in [0.2, 0.25) is 0 Å². The van der Waals surface area contributed by atoms with Crippen molar-refractivity contribution in [1.29, 1.82) is 0 Å². The van der Waals surface area contributed by atoms with E-state index in [0.717, 1.165) is 38.5 Å². The van der Waals surface area contributed by atoms with Gasteiger partial charge in [-0.05, 0) is 61.6 Å². The lowest BCUT2D eigenvalue weighted by molar-refractivity contribution is -0.0747. The highest BCUT2D eigenvalue weighted by atomic mass is 19.3. The molecule has 0 aliphatic heterocycles. The summed E-state index contributed by atoms with van der Waals surface area (Å²) in [5, 5.41) is 0. The molecule has 0 heterocycles. The Balaban J connectivity index is 1.51. The quantitative estimate of drug-likeness (QED) is 0.239. The van der Waals surface area contributed by atoms with E-state index in [1.165, 1.54) is 23.3 Å². The predicted molar refractivity (Wildman–Crippen MR) is 125 cm³/mol. The van der Waals surface area contributed by atoms with Gasteiger partial charge in [-0.2, -0.15) is 4.39 Å². The summed E-state index contributed by atoms with van der Waals surface area (Å²) in [5.41, 5.74) is 2.40. The molecule has 0 amide bonds. The maximum atomic E-state index is 15.0. The number of ether oxygens (including phenoxy) is 1. The maximum Gasteiger partial charge on any atom is 0.255 e. The lowest BCUT2D eigenvalue weighted by Gasteiger charge is -2.36. The topological polar surface area (TPSA) is 9.23 Å². The smallest absolute Gasteiger partial charge is 0.255 e. The van der Waals surface area contributed by atoms with E-state index in [4.69, 9.17) is 4.74 Å². The normalized spacial score (nSPS) is 20.1. The Bertz CT molecular complexity index is 878. The SMILES string of the molecule is CCCOc1ccc(C2CCC(CCCCc3ccc(CCC)cc3)CC2(F)F)c(F)c1F. The number of halogens is 4. The summed E-state index contributed by atoms with van der Waals surface area (Å²) in [5.74, 6) is -6.99. The number of benzene rings is 2. The highest BCUT2D eigenvalue weighted by Crippen LogP contribution is 2.49. The molecule has 1 aliphatic rings. The monoisotopic (exact) mass is 464 g/mol. The molecule has 1 nitrogen and oxygen atoms in total. The van der Waals surface area contributed by atoms with E-state index in [1.54, 1.807) is 0 Å². The van der Waals surface area contributed by atoms with Crippen molar-refractivity contribution in [2.75, 3.05) is 6.61 Å². The Morgan fingerprint density at radius 1 is 0.848 bits per heavy atom. The van der Waals surface area contributed by atoms with Crippen molar-refractivity contribution in [3.63, 3.8) is 0 Å². The third-order valence-electron chi connectivity index (χ3n) is 6.74. The first-order valence-electron chi connectivity index (χ1n) is 12.4. The van der Waals surface area contributed by atoms with Gasteiger partial charge in [0.25, 0.3) is 5.92 Å². The van der Waals surface area contributed by atoms with E-state index in [1.807, 2.05) is 6.92 Å². The minimum atomic E-state index is -3.04. The van der Waals surface area contributed by atoms with Gasteiger partial charge in [-0.15, -0.1) is 0 Å². The average molecular weight is 465 g/mol. The minimum Gasteiger partial charge on any atom is -0.490 e. The van der Waals surface area contributed by atoms with E-state index in [2.05, 4.69) is 31.2 Å². The average Bonchev–Trinajstić information content (AvgIpc) is 2.79. The third-order valence-corrected chi connectivity index (χ3v) is 6.74. The Morgan fingerprint density at radius 3 is 2.18 bits per heavy atom. The van der Waals surface area contributed by atoms with Gasteiger partial charge in [0.1, 0.15) is 0 Å². The molecule has 1 saturated carbocycles. The molecule has 0 bridgehead atoms. The summed E-state index contributed by atoms with van der Waals surface area (Å²) >= 11 is 0. The summed E-state index contributed by atoms with van der Waals surface area (Å²) in [6, 6.07) is 11.2. The number of aryl methyl sites for hydroxylation is 2. The first-order chi connectivity index (χ1) is 15.9. The zero-order valence-corrected chi connectivity index (χ0v) is 19.8. The van der Waals surface area contributed by atoms with Gasteiger partial charge in [0.05, 0.1) is 12.5 Å². The van der Waals surface area contributed by atoms with Crippen LogP contribution in [0, 0.1) is 17.6 Å². The third kappa shape index (κ3) is 6.74. The molecule has 0 saturated heterocycles. The second-order valence-corrected chi connectivity index (χ2v) is 9.40.